The quantitative estimate of drug-likeness (QED) is 0.786. The molecule has 0 N–H and O–H groups in total. The Labute approximate surface area is 120 Å². The van der Waals surface area contributed by atoms with E-state index < -0.39 is 15.6 Å². The highest BCUT2D eigenvalue weighted by molar-refractivity contribution is 7.89. The summed E-state index contributed by atoms with van der Waals surface area (Å²) < 4.78 is 26.3. The Morgan fingerprint density at radius 3 is 2.29 bits per heavy atom. The van der Waals surface area contributed by atoms with Crippen LogP contribution in [0.15, 0.2) is 11.0 Å². The lowest BCUT2D eigenvalue weighted by Gasteiger charge is -2.32. The van der Waals surface area contributed by atoms with Crippen molar-refractivity contribution >= 4 is 56.2 Å². The molecule has 0 saturated carbocycles. The van der Waals surface area contributed by atoms with Crippen molar-refractivity contribution in [3.8, 4) is 0 Å². The summed E-state index contributed by atoms with van der Waals surface area (Å²) in [6, 6.07) is 1.35. The highest BCUT2D eigenvalue weighted by Crippen LogP contribution is 2.37. The third kappa shape index (κ3) is 3.08. The maximum absolute atomic E-state index is 12.3. The summed E-state index contributed by atoms with van der Waals surface area (Å²) in [6.45, 7) is 3.47. The summed E-state index contributed by atoms with van der Waals surface area (Å²) in [6.07, 6.45) is 0. The van der Waals surface area contributed by atoms with Crippen LogP contribution in [0.25, 0.3) is 0 Å². The van der Waals surface area contributed by atoms with E-state index in [1.807, 2.05) is 0 Å². The monoisotopic (exact) mass is 335 g/mol. The topological polar surface area (TPSA) is 37.4 Å². The molecule has 8 heteroatoms. The van der Waals surface area contributed by atoms with Gasteiger partial charge in [-0.3, -0.25) is 0 Å². The molecule has 0 unspecified atom stereocenters. The molecule has 0 atom stereocenters. The second kappa shape index (κ2) is 5.23. The van der Waals surface area contributed by atoms with Crippen LogP contribution < -0.4 is 0 Å². The van der Waals surface area contributed by atoms with Gasteiger partial charge in [0.1, 0.15) is 9.23 Å². The minimum atomic E-state index is -3.68. The van der Waals surface area contributed by atoms with Gasteiger partial charge in [-0.05, 0) is 19.9 Å². The number of hydrogen-bond donors (Lipinski definition) is 0. The Hall–Kier alpha value is 0.480. The number of nitrogens with zero attached hydrogens (tertiary/aromatic N) is 1. The maximum Gasteiger partial charge on any atom is 0.245 e. The molecule has 0 amide bonds. The van der Waals surface area contributed by atoms with Crippen molar-refractivity contribution in [2.45, 2.75) is 24.3 Å². The van der Waals surface area contributed by atoms with E-state index in [1.165, 1.54) is 17.4 Å². The van der Waals surface area contributed by atoms with Crippen molar-refractivity contribution in [1.29, 1.82) is 0 Å². The van der Waals surface area contributed by atoms with Gasteiger partial charge in [0, 0.05) is 18.5 Å². The molecule has 1 heterocycles. The third-order valence-corrected chi connectivity index (χ3v) is 6.92. The van der Waals surface area contributed by atoms with E-state index in [-0.39, 0.29) is 15.1 Å². The predicted molar refractivity (Wildman–Crippen MR) is 74.1 cm³/mol. The number of halogens is 3. The van der Waals surface area contributed by atoms with Gasteiger partial charge in [0.05, 0.1) is 4.34 Å². The van der Waals surface area contributed by atoms with Gasteiger partial charge >= 0.3 is 0 Å². The minimum Gasteiger partial charge on any atom is -0.207 e. The van der Waals surface area contributed by atoms with Crippen LogP contribution in [0, 0.1) is 0 Å². The largest absolute Gasteiger partial charge is 0.245 e. The molecule has 0 radical (unpaired) electrons. The Morgan fingerprint density at radius 2 is 1.94 bits per heavy atom. The van der Waals surface area contributed by atoms with Crippen LogP contribution in [0.3, 0.4) is 0 Å². The molecule has 0 aliphatic rings. The lowest BCUT2D eigenvalue weighted by Crippen LogP contribution is -2.46. The lowest BCUT2D eigenvalue weighted by molar-refractivity contribution is 0.296. The Balaban J connectivity index is 3.25. The van der Waals surface area contributed by atoms with E-state index in [0.717, 1.165) is 11.3 Å². The minimum absolute atomic E-state index is 0.0230. The fraction of sp³-hybridized carbons (Fsp3) is 0.556. The molecule has 1 rings (SSSR count). The van der Waals surface area contributed by atoms with Gasteiger partial charge in [0.15, 0.2) is 0 Å². The average Bonchev–Trinajstić information content (AvgIpc) is 2.57. The second-order valence-corrected chi connectivity index (χ2v) is 8.60. The molecule has 0 fully saturated rings. The standard InChI is InChI=1S/C9H12Cl3NO2S2/c1-9(2,5-10)13(3)17(14,15)6-4-7(11)16-8(6)12/h4H,5H2,1-3H3. The Kier molecular flexibility index (Phi) is 4.78. The molecule has 17 heavy (non-hydrogen) atoms. The van der Waals surface area contributed by atoms with Crippen LogP contribution in [0.5, 0.6) is 0 Å². The summed E-state index contributed by atoms with van der Waals surface area (Å²) in [5.41, 5.74) is -0.696. The molecule has 0 aliphatic heterocycles. The van der Waals surface area contributed by atoms with Crippen molar-refractivity contribution in [3.63, 3.8) is 0 Å². The first kappa shape index (κ1) is 15.5. The number of thiophene rings is 1. The van der Waals surface area contributed by atoms with Crippen LogP contribution in [0.4, 0.5) is 0 Å². The van der Waals surface area contributed by atoms with Gasteiger partial charge in [-0.2, -0.15) is 4.31 Å². The number of sulfonamides is 1. The fourth-order valence-electron chi connectivity index (χ4n) is 1.06. The molecule has 1 aromatic heterocycles. The fourth-order valence-corrected chi connectivity index (χ4v) is 4.93. The van der Waals surface area contributed by atoms with E-state index in [1.54, 1.807) is 13.8 Å². The summed E-state index contributed by atoms with van der Waals surface area (Å²) in [4.78, 5) is 0.0230. The van der Waals surface area contributed by atoms with Gasteiger partial charge in [-0.15, -0.1) is 22.9 Å². The van der Waals surface area contributed by atoms with E-state index in [0.29, 0.717) is 4.34 Å². The maximum atomic E-state index is 12.3. The molecule has 0 saturated heterocycles. The van der Waals surface area contributed by atoms with Crippen LogP contribution >= 0.6 is 46.1 Å². The van der Waals surface area contributed by atoms with Gasteiger partial charge in [0.2, 0.25) is 10.0 Å². The number of hydrogen-bond acceptors (Lipinski definition) is 3. The van der Waals surface area contributed by atoms with Crippen molar-refractivity contribution in [1.82, 2.24) is 4.31 Å². The third-order valence-electron chi connectivity index (χ3n) is 2.44. The average molecular weight is 337 g/mol. The Bertz CT molecular complexity index is 510. The molecule has 0 bridgehead atoms. The summed E-state index contributed by atoms with van der Waals surface area (Å²) >= 11 is 18.4. The van der Waals surface area contributed by atoms with E-state index >= 15 is 0 Å². The van der Waals surface area contributed by atoms with Gasteiger partial charge in [0.25, 0.3) is 0 Å². The normalized spacial score (nSPS) is 13.4. The Morgan fingerprint density at radius 1 is 1.41 bits per heavy atom. The lowest BCUT2D eigenvalue weighted by atomic mass is 10.1. The van der Waals surface area contributed by atoms with Gasteiger partial charge in [-0.1, -0.05) is 23.2 Å². The number of alkyl halides is 1. The first-order chi connectivity index (χ1) is 7.63. The highest BCUT2D eigenvalue weighted by atomic mass is 35.5. The zero-order valence-electron chi connectivity index (χ0n) is 9.50. The summed E-state index contributed by atoms with van der Waals surface area (Å²) in [5, 5.41) is 0. The van der Waals surface area contributed by atoms with Gasteiger partial charge < -0.3 is 0 Å². The van der Waals surface area contributed by atoms with Crippen molar-refractivity contribution in [3.05, 3.63) is 14.7 Å². The molecular weight excluding hydrogens is 325 g/mol. The van der Waals surface area contributed by atoms with Crippen molar-refractivity contribution in [2.24, 2.45) is 0 Å². The first-order valence-corrected chi connectivity index (χ1v) is 8.17. The molecule has 98 valence electrons. The molecular formula is C9H12Cl3NO2S2. The molecule has 0 aromatic carbocycles. The molecule has 0 aliphatic carbocycles. The number of rotatable bonds is 4. The molecule has 1 aromatic rings. The van der Waals surface area contributed by atoms with Crippen LogP contribution in [-0.4, -0.2) is 31.2 Å². The molecule has 3 nitrogen and oxygen atoms in total. The summed E-state index contributed by atoms with van der Waals surface area (Å²) in [7, 11) is -2.20. The van der Waals surface area contributed by atoms with Crippen LogP contribution in [0.2, 0.25) is 8.67 Å². The predicted octanol–water partition coefficient (Wildman–Crippen LogP) is 3.69. The van der Waals surface area contributed by atoms with Crippen LogP contribution in [0.1, 0.15) is 13.8 Å². The van der Waals surface area contributed by atoms with E-state index in [4.69, 9.17) is 34.8 Å². The molecule has 0 spiro atoms. The smallest absolute Gasteiger partial charge is 0.207 e. The van der Waals surface area contributed by atoms with Crippen molar-refractivity contribution < 1.29 is 8.42 Å². The van der Waals surface area contributed by atoms with Crippen LogP contribution in [-0.2, 0) is 10.0 Å². The van der Waals surface area contributed by atoms with Crippen molar-refractivity contribution in [2.75, 3.05) is 12.9 Å². The zero-order chi connectivity index (χ0) is 13.4. The van der Waals surface area contributed by atoms with E-state index in [9.17, 15) is 8.42 Å². The summed E-state index contributed by atoms with van der Waals surface area (Å²) in [5.74, 6) is 0.179. The van der Waals surface area contributed by atoms with E-state index in [2.05, 4.69) is 0 Å². The highest BCUT2D eigenvalue weighted by Gasteiger charge is 2.35. The second-order valence-electron chi connectivity index (χ2n) is 4.11. The SMILES string of the molecule is CN(C(C)(C)CCl)S(=O)(=O)c1cc(Cl)sc1Cl. The zero-order valence-corrected chi connectivity index (χ0v) is 13.4. The first-order valence-electron chi connectivity index (χ1n) is 4.63. The van der Waals surface area contributed by atoms with Gasteiger partial charge in [-0.25, -0.2) is 8.42 Å².